The molecule has 2 aromatic carbocycles. The van der Waals surface area contributed by atoms with Crippen LogP contribution in [0.5, 0.6) is 0 Å². The first-order valence-electron chi connectivity index (χ1n) is 10.6. The van der Waals surface area contributed by atoms with Crippen molar-refractivity contribution >= 4 is 17.8 Å². The van der Waals surface area contributed by atoms with Crippen LogP contribution in [0.3, 0.4) is 0 Å². The van der Waals surface area contributed by atoms with Crippen LogP contribution in [-0.2, 0) is 28.0 Å². The van der Waals surface area contributed by atoms with Crippen molar-refractivity contribution in [1.82, 2.24) is 25.3 Å². The Hall–Kier alpha value is -3.94. The molecule has 1 fully saturated rings. The number of imide groups is 1. The first kappa shape index (κ1) is 20.0. The third-order valence-corrected chi connectivity index (χ3v) is 6.17. The minimum absolute atomic E-state index is 0.285. The molecule has 1 aromatic heterocycles. The normalized spacial score (nSPS) is 19.3. The summed E-state index contributed by atoms with van der Waals surface area (Å²) in [5.41, 5.74) is 2.89. The van der Waals surface area contributed by atoms with Crippen molar-refractivity contribution in [1.29, 1.82) is 0 Å². The first-order chi connectivity index (χ1) is 15.6. The summed E-state index contributed by atoms with van der Waals surface area (Å²) in [5.74, 6) is -0.707. The van der Waals surface area contributed by atoms with Crippen LogP contribution in [0, 0.1) is 0 Å². The fraction of sp³-hybridized carbons (Fsp3) is 0.250. The highest BCUT2D eigenvalue weighted by atomic mass is 16.2. The number of nitrogens with zero attached hydrogens (tertiary/aromatic N) is 3. The highest BCUT2D eigenvalue weighted by Crippen LogP contribution is 2.41. The zero-order chi connectivity index (χ0) is 22.1. The van der Waals surface area contributed by atoms with E-state index >= 15 is 0 Å². The lowest BCUT2D eigenvalue weighted by molar-refractivity contribution is -0.135. The Bertz CT molecular complexity index is 1170. The molecule has 2 aliphatic rings. The smallest absolute Gasteiger partial charge is 0.325 e. The van der Waals surface area contributed by atoms with E-state index < -0.39 is 11.6 Å². The van der Waals surface area contributed by atoms with Gasteiger partial charge in [0.1, 0.15) is 12.1 Å². The molecule has 0 bridgehead atoms. The lowest BCUT2D eigenvalue weighted by Crippen LogP contribution is -2.44. The van der Waals surface area contributed by atoms with Crippen LogP contribution in [0.25, 0.3) is 5.69 Å². The zero-order valence-corrected chi connectivity index (χ0v) is 17.5. The lowest BCUT2D eigenvalue weighted by atomic mass is 9.92. The molecule has 162 valence electrons. The van der Waals surface area contributed by atoms with Gasteiger partial charge < -0.3 is 10.6 Å². The van der Waals surface area contributed by atoms with Crippen LogP contribution in [0.1, 0.15) is 23.1 Å². The van der Waals surface area contributed by atoms with Crippen LogP contribution in [-0.4, -0.2) is 45.6 Å². The Balaban J connectivity index is 1.16. The highest BCUT2D eigenvalue weighted by Gasteiger charge is 2.55. The van der Waals surface area contributed by atoms with Crippen LogP contribution in [0.2, 0.25) is 0 Å². The van der Waals surface area contributed by atoms with Gasteiger partial charge >= 0.3 is 6.03 Å². The summed E-state index contributed by atoms with van der Waals surface area (Å²) in [6.45, 7) is 0.129. The van der Waals surface area contributed by atoms with Crippen LogP contribution in [0.15, 0.2) is 67.0 Å². The van der Waals surface area contributed by atoms with Crippen molar-refractivity contribution < 1.29 is 14.4 Å². The summed E-state index contributed by atoms with van der Waals surface area (Å²) in [7, 11) is 0. The Kier molecular flexibility index (Phi) is 4.97. The third kappa shape index (κ3) is 3.43. The predicted octanol–water partition coefficient (Wildman–Crippen LogP) is 1.92. The minimum atomic E-state index is -1.04. The molecule has 2 heterocycles. The van der Waals surface area contributed by atoms with Crippen molar-refractivity contribution in [2.75, 3.05) is 13.1 Å². The number of aryl methyl sites for hydroxylation is 1. The maximum absolute atomic E-state index is 13.1. The number of aromatic nitrogens is 2. The molecule has 2 N–H and O–H groups in total. The van der Waals surface area contributed by atoms with E-state index in [1.54, 1.807) is 10.9 Å². The molecule has 8 nitrogen and oxygen atoms in total. The molecule has 0 radical (unpaired) electrons. The number of amides is 4. The van der Waals surface area contributed by atoms with E-state index in [4.69, 9.17) is 0 Å². The largest absolute Gasteiger partial charge is 0.354 e. The predicted molar refractivity (Wildman–Crippen MR) is 117 cm³/mol. The van der Waals surface area contributed by atoms with Gasteiger partial charge in [-0.15, -0.1) is 0 Å². The fourth-order valence-electron chi connectivity index (χ4n) is 4.52. The number of carbonyl (C=O) groups excluding carboxylic acids is 3. The molecule has 1 spiro atoms. The maximum Gasteiger partial charge on any atom is 0.325 e. The summed E-state index contributed by atoms with van der Waals surface area (Å²) >= 11 is 0. The topological polar surface area (TPSA) is 96.3 Å². The van der Waals surface area contributed by atoms with Crippen molar-refractivity contribution in [3.63, 3.8) is 0 Å². The van der Waals surface area contributed by atoms with Gasteiger partial charge in [-0.2, -0.15) is 5.10 Å². The monoisotopic (exact) mass is 429 g/mol. The third-order valence-electron chi connectivity index (χ3n) is 6.17. The van der Waals surface area contributed by atoms with Gasteiger partial charge in [-0.3, -0.25) is 14.5 Å². The van der Waals surface area contributed by atoms with Gasteiger partial charge in [0, 0.05) is 18.9 Å². The molecule has 1 saturated heterocycles. The van der Waals surface area contributed by atoms with E-state index in [0.717, 1.165) is 33.7 Å². The van der Waals surface area contributed by atoms with Gasteiger partial charge in [0.05, 0.1) is 5.69 Å². The van der Waals surface area contributed by atoms with E-state index in [1.807, 2.05) is 60.8 Å². The molecule has 1 aliphatic heterocycles. The first-order valence-corrected chi connectivity index (χ1v) is 10.6. The quantitative estimate of drug-likeness (QED) is 0.585. The van der Waals surface area contributed by atoms with Crippen molar-refractivity contribution in [2.45, 2.75) is 24.8 Å². The van der Waals surface area contributed by atoms with Gasteiger partial charge in [0.2, 0.25) is 5.91 Å². The molecule has 5 rings (SSSR count). The molecular weight excluding hydrogens is 406 g/mol. The van der Waals surface area contributed by atoms with Gasteiger partial charge in [0.15, 0.2) is 0 Å². The van der Waals surface area contributed by atoms with E-state index in [0.29, 0.717) is 19.4 Å². The Labute approximate surface area is 185 Å². The highest BCUT2D eigenvalue weighted by molar-refractivity contribution is 6.09. The second-order valence-corrected chi connectivity index (χ2v) is 8.10. The SMILES string of the molecule is O=C(CN1C(=O)NC2(CCc3ccccc32)C1=O)NCCc1ccc(-n2cccn2)cc1. The second kappa shape index (κ2) is 7.96. The van der Waals surface area contributed by atoms with Crippen LogP contribution < -0.4 is 10.6 Å². The molecule has 32 heavy (non-hydrogen) atoms. The van der Waals surface area contributed by atoms with Gasteiger partial charge in [-0.05, 0) is 54.2 Å². The number of hydrogen-bond donors (Lipinski definition) is 2. The molecular formula is C24H23N5O3. The van der Waals surface area contributed by atoms with Crippen molar-refractivity contribution in [3.8, 4) is 5.69 Å². The number of rotatable bonds is 6. The summed E-state index contributed by atoms with van der Waals surface area (Å²) < 4.78 is 1.78. The van der Waals surface area contributed by atoms with E-state index in [1.165, 1.54) is 0 Å². The van der Waals surface area contributed by atoms with Crippen molar-refractivity contribution in [3.05, 3.63) is 83.7 Å². The van der Waals surface area contributed by atoms with Gasteiger partial charge in [-0.1, -0.05) is 36.4 Å². The summed E-state index contributed by atoms with van der Waals surface area (Å²) in [6, 6.07) is 16.9. The molecule has 8 heteroatoms. The minimum Gasteiger partial charge on any atom is -0.354 e. The molecule has 4 amide bonds. The average Bonchev–Trinajstić information content (AvgIpc) is 3.52. The van der Waals surface area contributed by atoms with E-state index in [-0.39, 0.29) is 18.4 Å². The fourth-order valence-corrected chi connectivity index (χ4v) is 4.52. The molecule has 1 unspecified atom stereocenters. The van der Waals surface area contributed by atoms with Crippen molar-refractivity contribution in [2.24, 2.45) is 0 Å². The Morgan fingerprint density at radius 1 is 1.09 bits per heavy atom. The molecule has 1 atom stereocenters. The summed E-state index contributed by atoms with van der Waals surface area (Å²) in [5, 5.41) is 9.85. The zero-order valence-electron chi connectivity index (χ0n) is 17.5. The summed E-state index contributed by atoms with van der Waals surface area (Å²) in [4.78, 5) is 39.1. The number of carbonyl (C=O) groups is 3. The molecule has 3 aromatic rings. The molecule has 0 saturated carbocycles. The molecule has 1 aliphatic carbocycles. The summed E-state index contributed by atoms with van der Waals surface area (Å²) in [6.07, 6.45) is 5.48. The lowest BCUT2D eigenvalue weighted by Gasteiger charge is -2.22. The van der Waals surface area contributed by atoms with Gasteiger partial charge in [-0.25, -0.2) is 9.48 Å². The maximum atomic E-state index is 13.1. The number of urea groups is 1. The van der Waals surface area contributed by atoms with E-state index in [9.17, 15) is 14.4 Å². The standard InChI is InChI=1S/C24H23N5O3/c30-21(25-14-11-17-6-8-19(9-7-17)29-15-3-13-26-29)16-28-22(31)24(27-23(28)32)12-10-18-4-1-2-5-20(18)24/h1-9,13,15H,10-12,14,16H2,(H,25,30)(H,27,32). The number of hydrogen-bond acceptors (Lipinski definition) is 4. The Morgan fingerprint density at radius 2 is 1.91 bits per heavy atom. The Morgan fingerprint density at radius 3 is 2.69 bits per heavy atom. The number of benzene rings is 2. The number of nitrogens with one attached hydrogen (secondary N) is 2. The average molecular weight is 429 g/mol. The van der Waals surface area contributed by atoms with Crippen LogP contribution >= 0.6 is 0 Å². The van der Waals surface area contributed by atoms with Crippen LogP contribution in [0.4, 0.5) is 4.79 Å². The number of fused-ring (bicyclic) bond motifs is 2. The van der Waals surface area contributed by atoms with Gasteiger partial charge in [0.25, 0.3) is 5.91 Å². The second-order valence-electron chi connectivity index (χ2n) is 8.10. The van der Waals surface area contributed by atoms with E-state index in [2.05, 4.69) is 15.7 Å².